The van der Waals surface area contributed by atoms with Crippen LogP contribution in [0.15, 0.2) is 45.3 Å². The highest BCUT2D eigenvalue weighted by Crippen LogP contribution is 2.30. The molecule has 0 aromatic heterocycles. The van der Waals surface area contributed by atoms with E-state index in [1.54, 1.807) is 0 Å². The maximum absolute atomic E-state index is 5.82. The maximum Gasteiger partial charge on any atom is 0.134 e. The molecule has 2 rings (SSSR count). The van der Waals surface area contributed by atoms with Gasteiger partial charge in [-0.25, -0.2) is 0 Å². The fourth-order valence-corrected chi connectivity index (χ4v) is 2.26. The second kappa shape index (κ2) is 5.76. The van der Waals surface area contributed by atoms with Crippen LogP contribution in [0.2, 0.25) is 0 Å². The minimum atomic E-state index is 0.537. The molecule has 0 bridgehead atoms. The number of nitrogens with two attached hydrogens (primary N) is 1. The molecule has 0 atom stereocenters. The van der Waals surface area contributed by atoms with Crippen molar-refractivity contribution in [1.29, 1.82) is 0 Å². The van der Waals surface area contributed by atoms with Gasteiger partial charge >= 0.3 is 0 Å². The Balaban J connectivity index is 2.10. The number of benzene rings is 2. The molecule has 0 amide bonds. The van der Waals surface area contributed by atoms with Crippen molar-refractivity contribution < 1.29 is 4.74 Å². The second-order valence-electron chi connectivity index (χ2n) is 4.05. The van der Waals surface area contributed by atoms with Crippen LogP contribution in [0.1, 0.15) is 11.1 Å². The number of anilines is 1. The van der Waals surface area contributed by atoms with Gasteiger partial charge in [-0.05, 0) is 58.2 Å². The van der Waals surface area contributed by atoms with Gasteiger partial charge in [0.05, 0.1) is 4.47 Å². The third-order valence-electron chi connectivity index (χ3n) is 2.63. The maximum atomic E-state index is 5.82. The average Bonchev–Trinajstić information content (AvgIpc) is 2.34. The quantitative estimate of drug-likeness (QED) is 0.796. The predicted molar refractivity (Wildman–Crippen MR) is 81.8 cm³/mol. The monoisotopic (exact) mass is 369 g/mol. The van der Waals surface area contributed by atoms with Crippen LogP contribution in [0, 0.1) is 6.92 Å². The van der Waals surface area contributed by atoms with E-state index in [-0.39, 0.29) is 0 Å². The number of ether oxygens (including phenoxy) is 1. The highest BCUT2D eigenvalue weighted by Gasteiger charge is 2.05. The van der Waals surface area contributed by atoms with Gasteiger partial charge in [-0.2, -0.15) is 0 Å². The van der Waals surface area contributed by atoms with Gasteiger partial charge in [-0.3, -0.25) is 0 Å². The number of rotatable bonds is 3. The molecule has 0 saturated carbocycles. The summed E-state index contributed by atoms with van der Waals surface area (Å²) >= 11 is 6.86. The van der Waals surface area contributed by atoms with Crippen molar-refractivity contribution in [2.45, 2.75) is 13.5 Å². The molecule has 2 nitrogen and oxygen atoms in total. The molecule has 4 heteroatoms. The lowest BCUT2D eigenvalue weighted by Gasteiger charge is -2.10. The Bertz CT molecular complexity index is 552. The van der Waals surface area contributed by atoms with Crippen molar-refractivity contribution in [2.24, 2.45) is 0 Å². The van der Waals surface area contributed by atoms with Crippen LogP contribution in [0.4, 0.5) is 5.69 Å². The third kappa shape index (κ3) is 3.27. The molecule has 0 heterocycles. The van der Waals surface area contributed by atoms with E-state index in [1.807, 2.05) is 43.3 Å². The van der Waals surface area contributed by atoms with Gasteiger partial charge in [-0.15, -0.1) is 0 Å². The van der Waals surface area contributed by atoms with Crippen LogP contribution in [-0.4, -0.2) is 0 Å². The zero-order valence-corrected chi connectivity index (χ0v) is 13.1. The fourth-order valence-electron chi connectivity index (χ4n) is 1.52. The Morgan fingerprint density at radius 1 is 1.11 bits per heavy atom. The summed E-state index contributed by atoms with van der Waals surface area (Å²) < 4.78 is 7.72. The Kier molecular flexibility index (Phi) is 4.30. The average molecular weight is 371 g/mol. The van der Waals surface area contributed by atoms with E-state index in [2.05, 4.69) is 31.9 Å². The van der Waals surface area contributed by atoms with Crippen LogP contribution < -0.4 is 10.5 Å². The summed E-state index contributed by atoms with van der Waals surface area (Å²) in [5.41, 5.74) is 8.73. The minimum Gasteiger partial charge on any atom is -0.488 e. The Morgan fingerprint density at radius 2 is 1.78 bits per heavy atom. The van der Waals surface area contributed by atoms with Gasteiger partial charge in [-0.1, -0.05) is 28.1 Å². The highest BCUT2D eigenvalue weighted by atomic mass is 79.9. The number of halogens is 2. The fraction of sp³-hybridized carbons (Fsp3) is 0.143. The van der Waals surface area contributed by atoms with Gasteiger partial charge < -0.3 is 10.5 Å². The van der Waals surface area contributed by atoms with Crippen LogP contribution in [0.5, 0.6) is 5.75 Å². The van der Waals surface area contributed by atoms with Crippen molar-refractivity contribution in [3.63, 3.8) is 0 Å². The normalized spacial score (nSPS) is 10.4. The number of aryl methyl sites for hydroxylation is 1. The van der Waals surface area contributed by atoms with Gasteiger partial charge in [0.25, 0.3) is 0 Å². The topological polar surface area (TPSA) is 35.2 Å². The van der Waals surface area contributed by atoms with Crippen LogP contribution in [0.3, 0.4) is 0 Å². The first kappa shape index (κ1) is 13.4. The van der Waals surface area contributed by atoms with Crippen LogP contribution in [-0.2, 0) is 6.61 Å². The highest BCUT2D eigenvalue weighted by molar-refractivity contribution is 9.10. The molecule has 2 N–H and O–H groups in total. The second-order valence-corrected chi connectivity index (χ2v) is 5.82. The number of hydrogen-bond donors (Lipinski definition) is 1. The molecule has 0 aliphatic heterocycles. The number of nitrogen functional groups attached to an aromatic ring is 1. The Labute approximate surface area is 123 Å². The molecule has 2 aromatic rings. The van der Waals surface area contributed by atoms with Crippen LogP contribution >= 0.6 is 31.9 Å². The van der Waals surface area contributed by atoms with E-state index in [0.29, 0.717) is 6.61 Å². The molecule has 18 heavy (non-hydrogen) atoms. The van der Waals surface area contributed by atoms with E-state index in [9.17, 15) is 0 Å². The van der Waals surface area contributed by atoms with Gasteiger partial charge in [0.15, 0.2) is 0 Å². The summed E-state index contributed by atoms with van der Waals surface area (Å²) in [5.74, 6) is 0.810. The summed E-state index contributed by atoms with van der Waals surface area (Å²) in [5, 5.41) is 0. The van der Waals surface area contributed by atoms with E-state index in [4.69, 9.17) is 10.5 Å². The lowest BCUT2D eigenvalue weighted by Crippen LogP contribution is -1.98. The molecule has 94 valence electrons. The van der Waals surface area contributed by atoms with E-state index in [0.717, 1.165) is 31.5 Å². The lowest BCUT2D eigenvalue weighted by atomic mass is 10.2. The summed E-state index contributed by atoms with van der Waals surface area (Å²) in [6, 6.07) is 11.9. The molecule has 0 aliphatic carbocycles. The zero-order chi connectivity index (χ0) is 13.1. The van der Waals surface area contributed by atoms with E-state index >= 15 is 0 Å². The molecule has 0 saturated heterocycles. The summed E-state index contributed by atoms with van der Waals surface area (Å²) in [4.78, 5) is 0. The summed E-state index contributed by atoms with van der Waals surface area (Å²) in [6.45, 7) is 2.50. The van der Waals surface area contributed by atoms with Crippen molar-refractivity contribution >= 4 is 37.5 Å². The van der Waals surface area contributed by atoms with E-state index < -0.39 is 0 Å². The van der Waals surface area contributed by atoms with E-state index in [1.165, 1.54) is 0 Å². The van der Waals surface area contributed by atoms with Gasteiger partial charge in [0.2, 0.25) is 0 Å². The first-order valence-electron chi connectivity index (χ1n) is 5.49. The minimum absolute atomic E-state index is 0.537. The predicted octanol–water partition coefficient (Wildman–Crippen LogP) is 4.68. The molecule has 0 fully saturated rings. The first-order chi connectivity index (χ1) is 8.56. The van der Waals surface area contributed by atoms with Crippen molar-refractivity contribution in [1.82, 2.24) is 0 Å². The Morgan fingerprint density at radius 3 is 2.44 bits per heavy atom. The largest absolute Gasteiger partial charge is 0.488 e. The smallest absolute Gasteiger partial charge is 0.134 e. The standard InChI is InChI=1S/C14H13Br2NO/c1-9-6-14(12(16)7-13(9)17)18-8-10-2-4-11(15)5-3-10/h2-7H,8,17H2,1H3. The van der Waals surface area contributed by atoms with Crippen molar-refractivity contribution in [3.8, 4) is 5.75 Å². The van der Waals surface area contributed by atoms with Crippen molar-refractivity contribution in [3.05, 3.63) is 56.5 Å². The lowest BCUT2D eigenvalue weighted by molar-refractivity contribution is 0.304. The summed E-state index contributed by atoms with van der Waals surface area (Å²) in [6.07, 6.45) is 0. The molecular formula is C14H13Br2NO. The SMILES string of the molecule is Cc1cc(OCc2ccc(Br)cc2)c(Br)cc1N. The molecule has 0 spiro atoms. The summed E-state index contributed by atoms with van der Waals surface area (Å²) in [7, 11) is 0. The molecule has 0 unspecified atom stereocenters. The first-order valence-corrected chi connectivity index (χ1v) is 7.08. The molecule has 2 aromatic carbocycles. The van der Waals surface area contributed by atoms with Gasteiger partial charge in [0, 0.05) is 10.2 Å². The Hall–Kier alpha value is -1.00. The van der Waals surface area contributed by atoms with Gasteiger partial charge in [0.1, 0.15) is 12.4 Å². The van der Waals surface area contributed by atoms with Crippen LogP contribution in [0.25, 0.3) is 0 Å². The molecular weight excluding hydrogens is 358 g/mol. The molecule has 0 aliphatic rings. The number of hydrogen-bond acceptors (Lipinski definition) is 2. The molecule has 0 radical (unpaired) electrons. The zero-order valence-electron chi connectivity index (χ0n) is 9.91. The third-order valence-corrected chi connectivity index (χ3v) is 3.78. The van der Waals surface area contributed by atoms with Crippen molar-refractivity contribution in [2.75, 3.05) is 5.73 Å².